The molecule has 2 aromatic rings. The van der Waals surface area contributed by atoms with Crippen molar-refractivity contribution in [2.24, 2.45) is 0 Å². The molecule has 0 saturated heterocycles. The zero-order valence-corrected chi connectivity index (χ0v) is 13.7. The number of hydrogen-bond donors (Lipinski definition) is 1. The van der Waals surface area contributed by atoms with Crippen LogP contribution in [-0.2, 0) is 11.4 Å². The summed E-state index contributed by atoms with van der Waals surface area (Å²) >= 11 is 0.746. The van der Waals surface area contributed by atoms with E-state index >= 15 is 0 Å². The van der Waals surface area contributed by atoms with Crippen LogP contribution in [0.25, 0.3) is 10.1 Å². The Hall–Kier alpha value is -0.550. The third-order valence-corrected chi connectivity index (χ3v) is 6.25. The second-order valence-electron chi connectivity index (χ2n) is 5.81. The highest BCUT2D eigenvalue weighted by Crippen LogP contribution is 2.35. The van der Waals surface area contributed by atoms with E-state index in [0.717, 1.165) is 0 Å². The van der Waals surface area contributed by atoms with E-state index in [1.54, 1.807) is 11.3 Å². The van der Waals surface area contributed by atoms with Crippen LogP contribution in [0.3, 0.4) is 0 Å². The van der Waals surface area contributed by atoms with Gasteiger partial charge in [-0.15, -0.1) is 16.1 Å². The molecule has 0 amide bonds. The van der Waals surface area contributed by atoms with Crippen LogP contribution in [0.5, 0.6) is 0 Å². The third kappa shape index (κ3) is 3.14. The van der Waals surface area contributed by atoms with Gasteiger partial charge in [-0.25, -0.2) is 0 Å². The lowest BCUT2D eigenvalue weighted by molar-refractivity contribution is 0.532. The Morgan fingerprint density at radius 3 is 2.47 bits per heavy atom. The SMILES string of the molecule is Cc1c([C@@H](C)N[S+]([O-])C(C)(C)C)sc2ccccc12. The molecule has 0 bridgehead atoms. The number of nitrogens with one attached hydrogen (secondary N) is 1. The van der Waals surface area contributed by atoms with Crippen molar-refractivity contribution in [3.63, 3.8) is 0 Å². The van der Waals surface area contributed by atoms with Gasteiger partial charge in [0.15, 0.2) is 0 Å². The molecule has 0 fully saturated rings. The van der Waals surface area contributed by atoms with Crippen LogP contribution in [-0.4, -0.2) is 9.30 Å². The normalized spacial score (nSPS) is 15.7. The minimum absolute atomic E-state index is 0.109. The number of fused-ring (bicyclic) bond motifs is 1. The van der Waals surface area contributed by atoms with Crippen molar-refractivity contribution in [3.8, 4) is 0 Å². The quantitative estimate of drug-likeness (QED) is 0.856. The topological polar surface area (TPSA) is 35.1 Å². The number of benzene rings is 1. The maximum atomic E-state index is 12.2. The smallest absolute Gasteiger partial charge is 0.136 e. The molecule has 1 aromatic carbocycles. The number of rotatable bonds is 3. The van der Waals surface area contributed by atoms with Gasteiger partial charge in [-0.3, -0.25) is 0 Å². The maximum Gasteiger partial charge on any atom is 0.136 e. The van der Waals surface area contributed by atoms with Crippen LogP contribution in [0.1, 0.15) is 44.2 Å². The average molecular weight is 295 g/mol. The molecule has 19 heavy (non-hydrogen) atoms. The van der Waals surface area contributed by atoms with Crippen LogP contribution in [0.15, 0.2) is 24.3 Å². The Labute approximate surface area is 122 Å². The van der Waals surface area contributed by atoms with E-state index in [9.17, 15) is 4.55 Å². The van der Waals surface area contributed by atoms with Crippen molar-refractivity contribution >= 4 is 32.8 Å². The monoisotopic (exact) mass is 295 g/mol. The van der Waals surface area contributed by atoms with Crippen molar-refractivity contribution in [1.29, 1.82) is 0 Å². The highest BCUT2D eigenvalue weighted by molar-refractivity contribution is 7.90. The molecular formula is C15H21NOS2. The maximum absolute atomic E-state index is 12.2. The molecule has 1 aromatic heterocycles. The Morgan fingerprint density at radius 2 is 1.89 bits per heavy atom. The van der Waals surface area contributed by atoms with Crippen LogP contribution in [0, 0.1) is 6.92 Å². The van der Waals surface area contributed by atoms with Crippen LogP contribution in [0.2, 0.25) is 0 Å². The van der Waals surface area contributed by atoms with Crippen LogP contribution < -0.4 is 4.72 Å². The van der Waals surface area contributed by atoms with Gasteiger partial charge in [0.05, 0.1) is 6.04 Å². The van der Waals surface area contributed by atoms with Gasteiger partial charge in [-0.05, 0) is 51.6 Å². The van der Waals surface area contributed by atoms with E-state index in [4.69, 9.17) is 0 Å². The number of thiophene rings is 1. The molecule has 0 aliphatic rings. The van der Waals surface area contributed by atoms with Crippen molar-refractivity contribution < 1.29 is 4.55 Å². The molecule has 0 aliphatic heterocycles. The summed E-state index contributed by atoms with van der Waals surface area (Å²) in [5.74, 6) is 0. The largest absolute Gasteiger partial charge is 0.598 e. The zero-order valence-electron chi connectivity index (χ0n) is 12.1. The fraction of sp³-hybridized carbons (Fsp3) is 0.467. The summed E-state index contributed by atoms with van der Waals surface area (Å²) in [7, 11) is 0. The molecule has 104 valence electrons. The first-order valence-electron chi connectivity index (χ1n) is 6.47. The van der Waals surface area contributed by atoms with Crippen molar-refractivity contribution in [1.82, 2.24) is 4.72 Å². The van der Waals surface area contributed by atoms with Gasteiger partial charge in [0.1, 0.15) is 4.75 Å². The van der Waals surface area contributed by atoms with Crippen molar-refractivity contribution in [3.05, 3.63) is 34.7 Å². The van der Waals surface area contributed by atoms with Gasteiger partial charge in [-0.2, -0.15) is 0 Å². The molecule has 1 N–H and O–H groups in total. The second-order valence-corrected chi connectivity index (χ2v) is 8.89. The van der Waals surface area contributed by atoms with Crippen molar-refractivity contribution in [2.75, 3.05) is 0 Å². The van der Waals surface area contributed by atoms with Crippen molar-refractivity contribution in [2.45, 2.75) is 45.4 Å². The molecular weight excluding hydrogens is 274 g/mol. The summed E-state index contributed by atoms with van der Waals surface area (Å²) in [6.07, 6.45) is 0. The average Bonchev–Trinajstić information content (AvgIpc) is 2.66. The van der Waals surface area contributed by atoms with Gasteiger partial charge >= 0.3 is 0 Å². The lowest BCUT2D eigenvalue weighted by Gasteiger charge is -2.26. The Bertz CT molecular complexity index is 571. The lowest BCUT2D eigenvalue weighted by atomic mass is 10.1. The predicted molar refractivity (Wildman–Crippen MR) is 86.0 cm³/mol. The van der Waals surface area contributed by atoms with E-state index < -0.39 is 11.4 Å². The number of hydrogen-bond acceptors (Lipinski definition) is 3. The van der Waals surface area contributed by atoms with Gasteiger partial charge < -0.3 is 4.55 Å². The summed E-state index contributed by atoms with van der Waals surface area (Å²) in [5, 5.41) is 1.30. The number of aryl methyl sites for hydroxylation is 1. The third-order valence-electron chi connectivity index (χ3n) is 3.11. The van der Waals surface area contributed by atoms with Gasteiger partial charge in [0, 0.05) is 20.9 Å². The Morgan fingerprint density at radius 1 is 1.26 bits per heavy atom. The first kappa shape index (κ1) is 14.9. The Balaban J connectivity index is 2.27. The molecule has 1 heterocycles. The van der Waals surface area contributed by atoms with E-state index in [0.29, 0.717) is 0 Å². The fourth-order valence-corrected chi connectivity index (χ4v) is 4.08. The van der Waals surface area contributed by atoms with Gasteiger partial charge in [-0.1, -0.05) is 18.2 Å². The summed E-state index contributed by atoms with van der Waals surface area (Å²) in [5.41, 5.74) is 1.30. The van der Waals surface area contributed by atoms with Crippen LogP contribution >= 0.6 is 11.3 Å². The molecule has 2 rings (SSSR count). The summed E-state index contributed by atoms with van der Waals surface area (Å²) in [6.45, 7) is 10.2. The highest BCUT2D eigenvalue weighted by atomic mass is 32.2. The van der Waals surface area contributed by atoms with E-state index in [1.165, 1.54) is 20.5 Å². The molecule has 0 spiro atoms. The zero-order chi connectivity index (χ0) is 14.2. The standard InChI is InChI=1S/C15H21NOS2/c1-10-12-8-6-7-9-13(12)18-14(10)11(2)16-19(17)15(3,4)5/h6-9,11,16H,1-5H3/t11-,19?/m1/s1. The summed E-state index contributed by atoms with van der Waals surface area (Å²) in [4.78, 5) is 1.28. The summed E-state index contributed by atoms with van der Waals surface area (Å²) < 4.78 is 16.5. The molecule has 4 heteroatoms. The first-order chi connectivity index (χ1) is 8.80. The van der Waals surface area contributed by atoms with E-state index in [1.807, 2.05) is 20.8 Å². The molecule has 1 unspecified atom stereocenters. The minimum Gasteiger partial charge on any atom is -0.598 e. The molecule has 0 saturated carbocycles. The van der Waals surface area contributed by atoms with E-state index in [2.05, 4.69) is 42.8 Å². The summed E-state index contributed by atoms with van der Waals surface area (Å²) in [6, 6.07) is 8.53. The highest BCUT2D eigenvalue weighted by Gasteiger charge is 2.29. The van der Waals surface area contributed by atoms with E-state index in [-0.39, 0.29) is 10.8 Å². The van der Waals surface area contributed by atoms with Crippen LogP contribution in [0.4, 0.5) is 0 Å². The van der Waals surface area contributed by atoms with Gasteiger partial charge in [0.2, 0.25) is 0 Å². The second kappa shape index (κ2) is 5.44. The minimum atomic E-state index is -1.04. The molecule has 0 radical (unpaired) electrons. The molecule has 0 aliphatic carbocycles. The van der Waals surface area contributed by atoms with Gasteiger partial charge in [0.25, 0.3) is 0 Å². The predicted octanol–water partition coefficient (Wildman–Crippen LogP) is 4.32. The fourth-order valence-electron chi connectivity index (χ4n) is 2.00. The lowest BCUT2D eigenvalue weighted by Crippen LogP contribution is -2.40. The first-order valence-corrected chi connectivity index (χ1v) is 8.43. The molecule has 2 atom stereocenters. The Kier molecular flexibility index (Phi) is 4.26. The molecule has 2 nitrogen and oxygen atoms in total.